The standard InChI is InChI=1S/3C4H10O.H2O.2O.V/c3*1-2-3-4-5;;;;/h3*5H,2-4H2,1H3;1H2;;;/q;;;;;;+1/p-1. The van der Waals surface area contributed by atoms with E-state index in [0.29, 0.717) is 19.8 Å². The molecule has 120 valence electrons. The quantitative estimate of drug-likeness (QED) is 0.589. The van der Waals surface area contributed by atoms with Crippen LogP contribution in [0.15, 0.2) is 0 Å². The summed E-state index contributed by atoms with van der Waals surface area (Å²) in [7, 11) is 0. The summed E-state index contributed by atoms with van der Waals surface area (Å²) in [6.07, 6.45) is 6.11. The summed E-state index contributed by atoms with van der Waals surface area (Å²) < 4.78 is 24.4. The van der Waals surface area contributed by atoms with Crippen LogP contribution >= 0.6 is 0 Å². The Morgan fingerprint density at radius 3 is 0.842 bits per heavy atom. The molecular weight excluding hydrogens is 291 g/mol. The molecule has 0 saturated heterocycles. The summed E-state index contributed by atoms with van der Waals surface area (Å²) in [6.45, 7) is 7.19. The van der Waals surface area contributed by atoms with Crippen molar-refractivity contribution in [3.63, 3.8) is 0 Å². The van der Waals surface area contributed by atoms with E-state index < -0.39 is 15.4 Å². The van der Waals surface area contributed by atoms with Gasteiger partial charge in [-0.25, -0.2) is 0 Å². The Kier molecular flexibility index (Phi) is 52.1. The first-order chi connectivity index (χ1) is 8.97. The summed E-state index contributed by atoms with van der Waals surface area (Å²) in [4.78, 5) is 0. The minimum absolute atomic E-state index is 0.344. The Morgan fingerprint density at radius 1 is 0.684 bits per heavy atom. The van der Waals surface area contributed by atoms with E-state index in [-0.39, 0.29) is 0 Å². The van der Waals surface area contributed by atoms with Crippen molar-refractivity contribution in [2.45, 2.75) is 59.3 Å². The molecule has 7 heteroatoms. The zero-order chi connectivity index (χ0) is 15.9. The molecule has 0 aliphatic rings. The van der Waals surface area contributed by atoms with E-state index in [1.165, 1.54) is 0 Å². The SMILES string of the molecule is CCCCO.CCCCO.CCCCO.[O]=[V](=[O])[OH]. The molecule has 0 aliphatic carbocycles. The molecule has 0 rings (SSSR count). The van der Waals surface area contributed by atoms with Crippen molar-refractivity contribution < 1.29 is 42.1 Å². The molecule has 0 fully saturated rings. The van der Waals surface area contributed by atoms with Gasteiger partial charge in [-0.2, -0.15) is 0 Å². The van der Waals surface area contributed by atoms with Crippen LogP contribution in [0.5, 0.6) is 0 Å². The summed E-state index contributed by atoms with van der Waals surface area (Å²) in [6, 6.07) is 0. The van der Waals surface area contributed by atoms with Gasteiger partial charge in [0.2, 0.25) is 0 Å². The molecule has 0 saturated carbocycles. The molecule has 0 aromatic heterocycles. The summed E-state index contributed by atoms with van der Waals surface area (Å²) in [5.74, 6) is 0. The molecule has 0 bridgehead atoms. The molecule has 6 nitrogen and oxygen atoms in total. The fourth-order valence-corrected chi connectivity index (χ4v) is 0.474. The normalized spacial score (nSPS) is 7.95. The van der Waals surface area contributed by atoms with Crippen LogP contribution in [-0.4, -0.2) is 39.2 Å². The molecule has 0 heterocycles. The maximum atomic E-state index is 8.67. The van der Waals surface area contributed by atoms with E-state index in [1.807, 2.05) is 0 Å². The molecule has 0 aliphatic heterocycles. The van der Waals surface area contributed by atoms with Crippen LogP contribution in [0.4, 0.5) is 0 Å². The van der Waals surface area contributed by atoms with Gasteiger partial charge >= 0.3 is 26.8 Å². The molecule has 0 unspecified atom stereocenters. The summed E-state index contributed by atoms with van der Waals surface area (Å²) in [5, 5.41) is 24.2. The van der Waals surface area contributed by atoms with Gasteiger partial charge in [0.25, 0.3) is 0 Å². The Hall–Kier alpha value is 0.0244. The summed E-state index contributed by atoms with van der Waals surface area (Å²) in [5.41, 5.74) is 0. The third-order valence-electron chi connectivity index (χ3n) is 1.54. The molecular formula is C12H31O6V. The molecule has 0 spiro atoms. The average molecular weight is 322 g/mol. The maximum absolute atomic E-state index is 8.67. The molecule has 19 heavy (non-hydrogen) atoms. The van der Waals surface area contributed by atoms with Gasteiger partial charge in [-0.05, 0) is 19.3 Å². The number of hydrogen-bond acceptors (Lipinski definition) is 5. The van der Waals surface area contributed by atoms with E-state index >= 15 is 0 Å². The van der Waals surface area contributed by atoms with Crippen molar-refractivity contribution in [3.8, 4) is 0 Å². The van der Waals surface area contributed by atoms with Gasteiger partial charge in [0, 0.05) is 19.8 Å². The molecule has 0 radical (unpaired) electrons. The van der Waals surface area contributed by atoms with Crippen molar-refractivity contribution in [2.75, 3.05) is 19.8 Å². The monoisotopic (exact) mass is 322 g/mol. The Balaban J connectivity index is -0.0000000793. The predicted octanol–water partition coefficient (Wildman–Crippen LogP) is 1.54. The molecule has 4 N–H and O–H groups in total. The van der Waals surface area contributed by atoms with Gasteiger partial charge < -0.3 is 15.3 Å². The number of aliphatic hydroxyl groups excluding tert-OH is 3. The van der Waals surface area contributed by atoms with Crippen LogP contribution in [0.3, 0.4) is 0 Å². The third-order valence-corrected chi connectivity index (χ3v) is 1.54. The number of unbranched alkanes of at least 4 members (excludes halogenated alkanes) is 3. The first kappa shape index (κ1) is 27.4. The minimum atomic E-state index is -3.69. The number of rotatable bonds is 6. The second kappa shape index (κ2) is 36.1. The average Bonchev–Trinajstić information content (AvgIpc) is 2.33. The second-order valence-electron chi connectivity index (χ2n) is 3.47. The molecule has 0 amide bonds. The van der Waals surface area contributed by atoms with Gasteiger partial charge in [0.15, 0.2) is 0 Å². The Morgan fingerprint density at radius 2 is 0.842 bits per heavy atom. The predicted molar refractivity (Wildman–Crippen MR) is 69.6 cm³/mol. The van der Waals surface area contributed by atoms with Crippen LogP contribution < -0.4 is 0 Å². The van der Waals surface area contributed by atoms with Gasteiger partial charge in [0.1, 0.15) is 0 Å². The van der Waals surface area contributed by atoms with E-state index in [1.54, 1.807) is 0 Å². The third kappa shape index (κ3) is 128. The summed E-state index contributed by atoms with van der Waals surface area (Å²) >= 11 is -3.69. The van der Waals surface area contributed by atoms with Crippen molar-refractivity contribution in [1.29, 1.82) is 0 Å². The number of aliphatic hydroxyl groups is 3. The van der Waals surface area contributed by atoms with Crippen LogP contribution in [-0.2, 0) is 22.7 Å². The van der Waals surface area contributed by atoms with Crippen molar-refractivity contribution in [3.05, 3.63) is 0 Å². The zero-order valence-corrected chi connectivity index (χ0v) is 13.8. The van der Waals surface area contributed by atoms with Gasteiger partial charge in [-0.15, -0.1) is 0 Å². The topological polar surface area (TPSA) is 115 Å². The first-order valence-corrected chi connectivity index (χ1v) is 8.40. The fraction of sp³-hybridized carbons (Fsp3) is 1.00. The van der Waals surface area contributed by atoms with E-state index in [9.17, 15) is 0 Å². The van der Waals surface area contributed by atoms with Crippen molar-refractivity contribution >= 4 is 0 Å². The van der Waals surface area contributed by atoms with Crippen LogP contribution in [0, 0.1) is 0 Å². The van der Waals surface area contributed by atoms with Gasteiger partial charge in [-0.1, -0.05) is 40.0 Å². The molecule has 0 aromatic carbocycles. The van der Waals surface area contributed by atoms with Crippen LogP contribution in [0.2, 0.25) is 0 Å². The Labute approximate surface area is 121 Å². The molecule has 0 atom stereocenters. The second-order valence-corrected chi connectivity index (χ2v) is 4.21. The van der Waals surface area contributed by atoms with Crippen molar-refractivity contribution in [1.82, 2.24) is 0 Å². The fourth-order valence-electron chi connectivity index (χ4n) is 0.474. The van der Waals surface area contributed by atoms with E-state index in [2.05, 4.69) is 20.8 Å². The van der Waals surface area contributed by atoms with Gasteiger partial charge in [0.05, 0.1) is 0 Å². The van der Waals surface area contributed by atoms with Crippen LogP contribution in [0.25, 0.3) is 0 Å². The van der Waals surface area contributed by atoms with E-state index in [4.69, 9.17) is 26.7 Å². The van der Waals surface area contributed by atoms with E-state index in [0.717, 1.165) is 38.5 Å². The number of hydrogen-bond donors (Lipinski definition) is 4. The Bertz CT molecular complexity index is 145. The van der Waals surface area contributed by atoms with Crippen LogP contribution in [0.1, 0.15) is 59.3 Å². The van der Waals surface area contributed by atoms with Crippen molar-refractivity contribution in [2.24, 2.45) is 0 Å². The van der Waals surface area contributed by atoms with Gasteiger partial charge in [-0.3, -0.25) is 0 Å². The zero-order valence-electron chi connectivity index (χ0n) is 12.4. The first-order valence-electron chi connectivity index (χ1n) is 6.64. The molecule has 0 aromatic rings.